The summed E-state index contributed by atoms with van der Waals surface area (Å²) in [6.07, 6.45) is 12.3. The van der Waals surface area contributed by atoms with E-state index < -0.39 is 11.3 Å². The third kappa shape index (κ3) is 2.18. The second kappa shape index (κ2) is 5.90. The van der Waals surface area contributed by atoms with Crippen molar-refractivity contribution in [2.24, 2.45) is 22.2 Å². The molecule has 2 unspecified atom stereocenters. The van der Waals surface area contributed by atoms with E-state index in [-0.39, 0.29) is 22.6 Å². The fourth-order valence-electron chi connectivity index (χ4n) is 6.85. The summed E-state index contributed by atoms with van der Waals surface area (Å²) < 4.78 is 5.45. The van der Waals surface area contributed by atoms with E-state index in [0.29, 0.717) is 25.2 Å². The predicted molar refractivity (Wildman–Crippen MR) is 109 cm³/mol. The Labute approximate surface area is 171 Å². The molecule has 5 rings (SSSR count). The number of ketones is 2. The number of hydrogen-bond acceptors (Lipinski definition) is 4. The summed E-state index contributed by atoms with van der Waals surface area (Å²) >= 11 is 0. The molecule has 0 heterocycles. The lowest BCUT2D eigenvalue weighted by Gasteiger charge is -2.50. The molecule has 1 spiro atoms. The lowest BCUT2D eigenvalue weighted by Crippen LogP contribution is -2.45. The third-order valence-corrected chi connectivity index (χ3v) is 8.47. The minimum absolute atomic E-state index is 0.0412. The van der Waals surface area contributed by atoms with Crippen LogP contribution in [-0.2, 0) is 19.1 Å². The van der Waals surface area contributed by atoms with E-state index in [1.807, 2.05) is 19.1 Å². The Morgan fingerprint density at radius 1 is 1.21 bits per heavy atom. The maximum atomic E-state index is 13.2. The van der Waals surface area contributed by atoms with Gasteiger partial charge >= 0.3 is 5.97 Å². The van der Waals surface area contributed by atoms with Crippen LogP contribution >= 0.6 is 0 Å². The van der Waals surface area contributed by atoms with E-state index in [2.05, 4.69) is 19.9 Å². The Morgan fingerprint density at radius 3 is 2.76 bits per heavy atom. The standard InChI is InChI=1S/C25H28O4/c1-4-29-22(28)17-14-15-13-16(26)5-11-24(15,3)18-7-12-25-19(21(17)18)6-9-23(25,2)10-8-20(25)27/h5-6,11,14,17H,4,7-10,12-13H2,1-3H3/t17-,23+,24?,25?/m1/s1. The van der Waals surface area contributed by atoms with Crippen LogP contribution in [0.3, 0.4) is 0 Å². The first-order valence-corrected chi connectivity index (χ1v) is 10.8. The van der Waals surface area contributed by atoms with E-state index in [4.69, 9.17) is 4.74 Å². The van der Waals surface area contributed by atoms with Gasteiger partial charge in [0.25, 0.3) is 0 Å². The molecule has 152 valence electrons. The van der Waals surface area contributed by atoms with Gasteiger partial charge in [0.2, 0.25) is 0 Å². The van der Waals surface area contributed by atoms with Crippen molar-refractivity contribution in [3.8, 4) is 0 Å². The van der Waals surface area contributed by atoms with Gasteiger partial charge in [-0.25, -0.2) is 0 Å². The molecular weight excluding hydrogens is 364 g/mol. The van der Waals surface area contributed by atoms with Crippen molar-refractivity contribution >= 4 is 17.5 Å². The van der Waals surface area contributed by atoms with Gasteiger partial charge in [0.05, 0.1) is 12.0 Å². The van der Waals surface area contributed by atoms with E-state index in [1.54, 1.807) is 6.08 Å². The van der Waals surface area contributed by atoms with E-state index in [9.17, 15) is 14.4 Å². The monoisotopic (exact) mass is 392 g/mol. The number of hydrogen-bond donors (Lipinski definition) is 0. The minimum Gasteiger partial charge on any atom is -0.465 e. The van der Waals surface area contributed by atoms with Gasteiger partial charge in [-0.05, 0) is 62.2 Å². The zero-order valence-corrected chi connectivity index (χ0v) is 17.5. The zero-order chi connectivity index (χ0) is 20.6. The molecule has 5 aliphatic rings. The van der Waals surface area contributed by atoms with Gasteiger partial charge < -0.3 is 4.74 Å². The van der Waals surface area contributed by atoms with Crippen LogP contribution in [0.4, 0.5) is 0 Å². The highest BCUT2D eigenvalue weighted by Gasteiger charge is 2.65. The molecule has 4 heteroatoms. The van der Waals surface area contributed by atoms with Gasteiger partial charge in [-0.1, -0.05) is 36.3 Å². The van der Waals surface area contributed by atoms with Crippen molar-refractivity contribution in [3.63, 3.8) is 0 Å². The summed E-state index contributed by atoms with van der Waals surface area (Å²) in [6, 6.07) is 0. The predicted octanol–water partition coefficient (Wildman–Crippen LogP) is 4.42. The molecule has 29 heavy (non-hydrogen) atoms. The van der Waals surface area contributed by atoms with Crippen LogP contribution in [0.25, 0.3) is 0 Å². The third-order valence-electron chi connectivity index (χ3n) is 8.47. The SMILES string of the molecule is CCOC(=O)[C@@H]1C=C2CC(=O)C=CC2(C)C2=C1C1=CC[C@@]3(C)CCC(=O)C13CC2. The minimum atomic E-state index is -0.522. The molecule has 0 N–H and O–H groups in total. The van der Waals surface area contributed by atoms with Crippen LogP contribution in [0.2, 0.25) is 0 Å². The number of Topliss-reactive ketones (excluding diaryl/α,β-unsaturated/α-hetero) is 1. The number of allylic oxidation sites excluding steroid dienone is 6. The van der Waals surface area contributed by atoms with Crippen LogP contribution in [0.5, 0.6) is 0 Å². The van der Waals surface area contributed by atoms with Crippen molar-refractivity contribution in [2.75, 3.05) is 6.61 Å². The Bertz CT molecular complexity index is 977. The molecular formula is C25H28O4. The maximum absolute atomic E-state index is 13.2. The Morgan fingerprint density at radius 2 is 2.00 bits per heavy atom. The summed E-state index contributed by atoms with van der Waals surface area (Å²) in [5.74, 6) is -0.376. The molecule has 0 radical (unpaired) electrons. The molecule has 1 fully saturated rings. The first-order valence-electron chi connectivity index (χ1n) is 10.8. The normalized spacial score (nSPS) is 40.0. The molecule has 0 amide bonds. The van der Waals surface area contributed by atoms with Crippen LogP contribution in [0.15, 0.2) is 46.6 Å². The van der Waals surface area contributed by atoms with E-state index >= 15 is 0 Å². The molecule has 0 aliphatic heterocycles. The number of carbonyl (C=O) groups excluding carboxylic acids is 3. The first kappa shape index (κ1) is 18.8. The maximum Gasteiger partial charge on any atom is 0.317 e. The van der Waals surface area contributed by atoms with Crippen LogP contribution < -0.4 is 0 Å². The average Bonchev–Trinajstić information content (AvgIpc) is 3.12. The van der Waals surface area contributed by atoms with Crippen molar-refractivity contribution < 1.29 is 19.1 Å². The summed E-state index contributed by atoms with van der Waals surface area (Å²) in [6.45, 7) is 6.53. The van der Waals surface area contributed by atoms with Crippen molar-refractivity contribution in [3.05, 3.63) is 46.6 Å². The van der Waals surface area contributed by atoms with Gasteiger partial charge in [-0.2, -0.15) is 0 Å². The highest BCUT2D eigenvalue weighted by molar-refractivity contribution is 5.97. The first-order chi connectivity index (χ1) is 13.8. The Balaban J connectivity index is 1.73. The topological polar surface area (TPSA) is 60.4 Å². The molecule has 1 saturated carbocycles. The van der Waals surface area contributed by atoms with Gasteiger partial charge in [-0.3, -0.25) is 14.4 Å². The molecule has 4 atom stereocenters. The second-order valence-corrected chi connectivity index (χ2v) is 9.70. The second-order valence-electron chi connectivity index (χ2n) is 9.70. The summed E-state index contributed by atoms with van der Waals surface area (Å²) in [5, 5.41) is 0. The van der Waals surface area contributed by atoms with E-state index in [1.165, 1.54) is 5.57 Å². The number of esters is 1. The molecule has 4 nitrogen and oxygen atoms in total. The smallest absolute Gasteiger partial charge is 0.317 e. The van der Waals surface area contributed by atoms with Gasteiger partial charge in [-0.15, -0.1) is 0 Å². The summed E-state index contributed by atoms with van der Waals surface area (Å²) in [4.78, 5) is 38.4. The molecule has 0 aromatic carbocycles. The molecule has 0 saturated heterocycles. The lowest BCUT2D eigenvalue weighted by atomic mass is 9.52. The summed E-state index contributed by atoms with van der Waals surface area (Å²) in [7, 11) is 0. The fourth-order valence-corrected chi connectivity index (χ4v) is 6.85. The highest BCUT2D eigenvalue weighted by Crippen LogP contribution is 2.69. The molecule has 5 aliphatic carbocycles. The Kier molecular flexibility index (Phi) is 3.82. The lowest BCUT2D eigenvalue weighted by molar-refractivity contribution is -0.145. The zero-order valence-electron chi connectivity index (χ0n) is 17.5. The van der Waals surface area contributed by atoms with E-state index in [0.717, 1.165) is 42.4 Å². The fraction of sp³-hybridized carbons (Fsp3) is 0.560. The quantitative estimate of drug-likeness (QED) is 0.516. The van der Waals surface area contributed by atoms with Crippen molar-refractivity contribution in [1.82, 2.24) is 0 Å². The molecule has 0 bridgehead atoms. The highest BCUT2D eigenvalue weighted by atomic mass is 16.5. The Hall–Kier alpha value is -2.23. The van der Waals surface area contributed by atoms with Crippen molar-refractivity contribution in [1.29, 1.82) is 0 Å². The summed E-state index contributed by atoms with van der Waals surface area (Å²) in [5.41, 5.74) is 3.46. The molecule has 0 aromatic rings. The number of fused-ring (bicyclic) bond motifs is 3. The van der Waals surface area contributed by atoms with Crippen molar-refractivity contribution in [2.45, 2.75) is 59.3 Å². The number of carbonyl (C=O) groups is 3. The van der Waals surface area contributed by atoms with Gasteiger partial charge in [0.15, 0.2) is 5.78 Å². The largest absolute Gasteiger partial charge is 0.465 e. The van der Waals surface area contributed by atoms with Gasteiger partial charge in [0, 0.05) is 18.3 Å². The van der Waals surface area contributed by atoms with Crippen LogP contribution in [-0.4, -0.2) is 24.1 Å². The molecule has 0 aromatic heterocycles. The van der Waals surface area contributed by atoms with Crippen LogP contribution in [0, 0.1) is 22.2 Å². The van der Waals surface area contributed by atoms with Crippen LogP contribution in [0.1, 0.15) is 59.3 Å². The average molecular weight is 392 g/mol. The number of rotatable bonds is 2. The number of ether oxygens (including phenoxy) is 1. The van der Waals surface area contributed by atoms with Gasteiger partial charge in [0.1, 0.15) is 11.7 Å².